The summed E-state index contributed by atoms with van der Waals surface area (Å²) < 4.78 is 0. The zero-order valence-corrected chi connectivity index (χ0v) is 17.1. The maximum absolute atomic E-state index is 12.2. The minimum Gasteiger partial charge on any atom is -0.348 e. The van der Waals surface area contributed by atoms with Crippen LogP contribution in [-0.4, -0.2) is 30.8 Å². The van der Waals surface area contributed by atoms with Gasteiger partial charge >= 0.3 is 0 Å². The second kappa shape index (κ2) is 9.76. The number of amides is 3. The predicted molar refractivity (Wildman–Crippen MR) is 112 cm³/mol. The number of benzene rings is 2. The van der Waals surface area contributed by atoms with Crippen molar-refractivity contribution in [2.24, 2.45) is 0 Å². The zero-order valence-electron chi connectivity index (χ0n) is 15.6. The molecule has 2 aromatic carbocycles. The van der Waals surface area contributed by atoms with E-state index < -0.39 is 11.8 Å². The maximum Gasteiger partial charge on any atom is 0.253 e. The fourth-order valence-corrected chi connectivity index (χ4v) is 3.81. The average molecular weight is 434 g/mol. The SMILES string of the molecule is O=C(CNC(=O)c1ccc(Cl)cc1Cl)NCC(=O)NC1CCCc2ccccc21. The van der Waals surface area contributed by atoms with Gasteiger partial charge < -0.3 is 16.0 Å². The zero-order chi connectivity index (χ0) is 20.8. The minimum absolute atomic E-state index is 0.0453. The van der Waals surface area contributed by atoms with E-state index in [1.54, 1.807) is 0 Å². The Hall–Kier alpha value is -2.57. The lowest BCUT2D eigenvalue weighted by Crippen LogP contribution is -2.43. The van der Waals surface area contributed by atoms with Crippen LogP contribution >= 0.6 is 23.2 Å². The summed E-state index contributed by atoms with van der Waals surface area (Å²) in [6.07, 6.45) is 2.89. The van der Waals surface area contributed by atoms with Crippen LogP contribution in [0.2, 0.25) is 10.0 Å². The number of halogens is 2. The number of hydrogen-bond donors (Lipinski definition) is 3. The molecule has 152 valence electrons. The van der Waals surface area contributed by atoms with Crippen LogP contribution < -0.4 is 16.0 Å². The fraction of sp³-hybridized carbons (Fsp3) is 0.286. The summed E-state index contributed by atoms with van der Waals surface area (Å²) in [7, 11) is 0. The van der Waals surface area contributed by atoms with Crippen molar-refractivity contribution in [1.29, 1.82) is 0 Å². The van der Waals surface area contributed by atoms with Crippen LogP contribution in [0.4, 0.5) is 0 Å². The van der Waals surface area contributed by atoms with Crippen LogP contribution in [0.15, 0.2) is 42.5 Å². The highest BCUT2D eigenvalue weighted by molar-refractivity contribution is 6.36. The van der Waals surface area contributed by atoms with Crippen LogP contribution in [0.5, 0.6) is 0 Å². The Morgan fingerprint density at radius 1 is 0.966 bits per heavy atom. The molecule has 3 N–H and O–H groups in total. The Kier molecular flexibility index (Phi) is 7.12. The van der Waals surface area contributed by atoms with Gasteiger partial charge in [-0.25, -0.2) is 0 Å². The molecule has 0 aromatic heterocycles. The number of carbonyl (C=O) groups is 3. The summed E-state index contributed by atoms with van der Waals surface area (Å²) in [6, 6.07) is 12.5. The third-order valence-corrected chi connectivity index (χ3v) is 5.28. The highest BCUT2D eigenvalue weighted by Crippen LogP contribution is 2.29. The van der Waals surface area contributed by atoms with Crippen molar-refractivity contribution in [2.75, 3.05) is 13.1 Å². The Labute approximate surface area is 179 Å². The Morgan fingerprint density at radius 2 is 1.72 bits per heavy atom. The number of fused-ring (bicyclic) bond motifs is 1. The lowest BCUT2D eigenvalue weighted by atomic mass is 9.88. The molecule has 0 heterocycles. The molecule has 8 heteroatoms. The fourth-order valence-electron chi connectivity index (χ4n) is 3.32. The second-order valence-electron chi connectivity index (χ2n) is 6.79. The molecule has 1 unspecified atom stereocenters. The highest BCUT2D eigenvalue weighted by atomic mass is 35.5. The molecule has 3 rings (SSSR count). The van der Waals surface area contributed by atoms with E-state index >= 15 is 0 Å². The lowest BCUT2D eigenvalue weighted by Gasteiger charge is -2.26. The summed E-state index contributed by atoms with van der Waals surface area (Å²) in [6.45, 7) is -0.424. The monoisotopic (exact) mass is 433 g/mol. The van der Waals surface area contributed by atoms with Gasteiger partial charge in [0.15, 0.2) is 0 Å². The lowest BCUT2D eigenvalue weighted by molar-refractivity contribution is -0.126. The molecular formula is C21H21Cl2N3O3. The average Bonchev–Trinajstić information content (AvgIpc) is 2.71. The molecule has 29 heavy (non-hydrogen) atoms. The summed E-state index contributed by atoms with van der Waals surface area (Å²) in [5, 5.41) is 8.55. The molecular weight excluding hydrogens is 413 g/mol. The van der Waals surface area contributed by atoms with Gasteiger partial charge in [-0.15, -0.1) is 0 Å². The van der Waals surface area contributed by atoms with E-state index in [0.29, 0.717) is 5.02 Å². The van der Waals surface area contributed by atoms with E-state index in [4.69, 9.17) is 23.2 Å². The summed E-state index contributed by atoms with van der Waals surface area (Å²) in [5.41, 5.74) is 2.60. The maximum atomic E-state index is 12.2. The van der Waals surface area contributed by atoms with Crippen molar-refractivity contribution >= 4 is 40.9 Å². The molecule has 0 saturated carbocycles. The number of nitrogens with one attached hydrogen (secondary N) is 3. The molecule has 0 fully saturated rings. The molecule has 1 aliphatic rings. The Bertz CT molecular complexity index is 933. The first-order chi connectivity index (χ1) is 13.9. The molecule has 0 saturated heterocycles. The van der Waals surface area contributed by atoms with Gasteiger partial charge in [-0.2, -0.15) is 0 Å². The molecule has 1 aliphatic carbocycles. The standard InChI is InChI=1S/C21H21Cl2N3O3/c22-14-8-9-16(17(23)10-14)21(29)25-11-19(27)24-12-20(28)26-18-7-3-5-13-4-1-2-6-15(13)18/h1-2,4,6,8-10,18H,3,5,7,11-12H2,(H,24,27)(H,25,29)(H,26,28). The van der Waals surface area contributed by atoms with Gasteiger partial charge in [-0.05, 0) is 48.6 Å². The minimum atomic E-state index is -0.495. The van der Waals surface area contributed by atoms with Crippen molar-refractivity contribution < 1.29 is 14.4 Å². The second-order valence-corrected chi connectivity index (χ2v) is 7.64. The molecule has 6 nitrogen and oxygen atoms in total. The summed E-state index contributed by atoms with van der Waals surface area (Å²) >= 11 is 11.8. The predicted octanol–water partition coefficient (Wildman–Crippen LogP) is 3.03. The molecule has 1 atom stereocenters. The van der Waals surface area contributed by atoms with Crippen molar-refractivity contribution in [2.45, 2.75) is 25.3 Å². The Balaban J connectivity index is 1.44. The normalized spacial score (nSPS) is 15.2. The van der Waals surface area contributed by atoms with Crippen LogP contribution in [0.1, 0.15) is 40.4 Å². The van der Waals surface area contributed by atoms with E-state index in [0.717, 1.165) is 24.8 Å². The van der Waals surface area contributed by atoms with Crippen LogP contribution in [0.25, 0.3) is 0 Å². The number of aryl methyl sites for hydroxylation is 1. The smallest absolute Gasteiger partial charge is 0.253 e. The molecule has 3 amide bonds. The quantitative estimate of drug-likeness (QED) is 0.653. The van der Waals surface area contributed by atoms with Gasteiger partial charge in [0.2, 0.25) is 11.8 Å². The van der Waals surface area contributed by atoms with Gasteiger partial charge in [0, 0.05) is 5.02 Å². The topological polar surface area (TPSA) is 87.3 Å². The van der Waals surface area contributed by atoms with Crippen LogP contribution in [0.3, 0.4) is 0 Å². The van der Waals surface area contributed by atoms with E-state index in [1.165, 1.54) is 23.8 Å². The first-order valence-electron chi connectivity index (χ1n) is 9.31. The van der Waals surface area contributed by atoms with E-state index in [9.17, 15) is 14.4 Å². The van der Waals surface area contributed by atoms with Gasteiger partial charge in [-0.3, -0.25) is 14.4 Å². The van der Waals surface area contributed by atoms with Crippen molar-refractivity contribution in [3.05, 3.63) is 69.2 Å². The number of hydrogen-bond acceptors (Lipinski definition) is 3. The third kappa shape index (κ3) is 5.71. The van der Waals surface area contributed by atoms with E-state index in [1.807, 2.05) is 18.2 Å². The highest BCUT2D eigenvalue weighted by Gasteiger charge is 2.21. The largest absolute Gasteiger partial charge is 0.348 e. The number of carbonyl (C=O) groups excluding carboxylic acids is 3. The molecule has 0 spiro atoms. The Morgan fingerprint density at radius 3 is 2.52 bits per heavy atom. The van der Waals surface area contributed by atoms with Crippen molar-refractivity contribution in [3.63, 3.8) is 0 Å². The molecule has 0 bridgehead atoms. The molecule has 0 radical (unpaired) electrons. The van der Waals surface area contributed by atoms with Gasteiger partial charge in [0.05, 0.1) is 29.7 Å². The first-order valence-corrected chi connectivity index (χ1v) is 10.1. The molecule has 2 aromatic rings. The molecule has 0 aliphatic heterocycles. The van der Waals surface area contributed by atoms with Gasteiger partial charge in [-0.1, -0.05) is 47.5 Å². The third-order valence-electron chi connectivity index (χ3n) is 4.74. The van der Waals surface area contributed by atoms with E-state index in [-0.39, 0.29) is 35.6 Å². The van der Waals surface area contributed by atoms with Gasteiger partial charge in [0.25, 0.3) is 5.91 Å². The van der Waals surface area contributed by atoms with Crippen molar-refractivity contribution in [1.82, 2.24) is 16.0 Å². The first kappa shape index (κ1) is 21.1. The van der Waals surface area contributed by atoms with Gasteiger partial charge in [0.1, 0.15) is 0 Å². The van der Waals surface area contributed by atoms with Crippen molar-refractivity contribution in [3.8, 4) is 0 Å². The van der Waals surface area contributed by atoms with E-state index in [2.05, 4.69) is 22.0 Å². The number of rotatable bonds is 6. The summed E-state index contributed by atoms with van der Waals surface area (Å²) in [5.74, 6) is -1.24. The van der Waals surface area contributed by atoms with Crippen LogP contribution in [-0.2, 0) is 16.0 Å². The van der Waals surface area contributed by atoms with Crippen LogP contribution in [0, 0.1) is 0 Å². The summed E-state index contributed by atoms with van der Waals surface area (Å²) in [4.78, 5) is 36.3.